The van der Waals surface area contributed by atoms with Gasteiger partial charge in [-0.15, -0.1) is 0 Å². The number of halogens is 1. The Balaban J connectivity index is 2.38. The number of phenolic OH excluding ortho intramolecular Hbond substituents is 1. The van der Waals surface area contributed by atoms with E-state index in [-0.39, 0.29) is 0 Å². The van der Waals surface area contributed by atoms with E-state index in [1.165, 1.54) is 0 Å². The first kappa shape index (κ1) is 11.6. The number of benzene rings is 4. The highest BCUT2D eigenvalue weighted by atomic mass is 35.5. The Hall–Kier alpha value is -2.25. The van der Waals surface area contributed by atoms with Crippen molar-refractivity contribution in [2.45, 2.75) is 0 Å². The van der Waals surface area contributed by atoms with Gasteiger partial charge < -0.3 is 5.11 Å². The van der Waals surface area contributed by atoms with Gasteiger partial charge in [0.15, 0.2) is 0 Å². The summed E-state index contributed by atoms with van der Waals surface area (Å²) in [5.74, 6) is 0.306. The van der Waals surface area contributed by atoms with Crippen LogP contribution in [0, 0.1) is 0 Å². The van der Waals surface area contributed by atoms with Gasteiger partial charge in [0, 0.05) is 15.8 Å². The zero-order chi connectivity index (χ0) is 13.7. The van der Waals surface area contributed by atoms with Crippen molar-refractivity contribution in [1.82, 2.24) is 0 Å². The van der Waals surface area contributed by atoms with E-state index in [2.05, 4.69) is 18.2 Å². The van der Waals surface area contributed by atoms with Gasteiger partial charge in [-0.05, 0) is 39.7 Å². The van der Waals surface area contributed by atoms with Crippen LogP contribution in [-0.4, -0.2) is 5.11 Å². The average Bonchev–Trinajstić information content (AvgIpc) is 2.46. The minimum Gasteiger partial charge on any atom is -0.507 e. The molecule has 0 unspecified atom stereocenters. The van der Waals surface area contributed by atoms with Crippen molar-refractivity contribution in [3.63, 3.8) is 0 Å². The van der Waals surface area contributed by atoms with Crippen LogP contribution < -0.4 is 0 Å². The van der Waals surface area contributed by atoms with Gasteiger partial charge in [0.1, 0.15) is 5.75 Å². The summed E-state index contributed by atoms with van der Waals surface area (Å²) >= 11 is 6.15. The molecule has 0 aliphatic rings. The molecule has 0 amide bonds. The molecule has 0 fully saturated rings. The largest absolute Gasteiger partial charge is 0.507 e. The molecule has 0 atom stereocenters. The van der Waals surface area contributed by atoms with Gasteiger partial charge in [-0.2, -0.15) is 0 Å². The predicted octanol–water partition coefficient (Wildman–Crippen LogP) is 5.51. The van der Waals surface area contributed by atoms with Crippen LogP contribution in [0.2, 0.25) is 5.02 Å². The van der Waals surface area contributed by atoms with Gasteiger partial charge in [-0.25, -0.2) is 0 Å². The molecular formula is C18H11ClO. The van der Waals surface area contributed by atoms with Crippen LogP contribution in [0.3, 0.4) is 0 Å². The van der Waals surface area contributed by atoms with E-state index in [1.807, 2.05) is 36.4 Å². The van der Waals surface area contributed by atoms with Crippen LogP contribution in [0.25, 0.3) is 32.3 Å². The van der Waals surface area contributed by atoms with E-state index in [9.17, 15) is 5.11 Å². The summed E-state index contributed by atoms with van der Waals surface area (Å²) in [6.07, 6.45) is 0. The third-order valence-corrected chi connectivity index (χ3v) is 4.02. The summed E-state index contributed by atoms with van der Waals surface area (Å²) in [4.78, 5) is 0. The Morgan fingerprint density at radius 2 is 1.35 bits per heavy atom. The van der Waals surface area contributed by atoms with E-state index >= 15 is 0 Å². The molecule has 1 N–H and O–H groups in total. The second kappa shape index (κ2) is 4.12. The summed E-state index contributed by atoms with van der Waals surface area (Å²) in [6.45, 7) is 0. The molecule has 0 spiro atoms. The highest BCUT2D eigenvalue weighted by Crippen LogP contribution is 2.37. The molecule has 0 heterocycles. The second-order valence-electron chi connectivity index (χ2n) is 4.97. The predicted molar refractivity (Wildman–Crippen MR) is 85.6 cm³/mol. The molecule has 4 aromatic rings. The molecule has 0 aliphatic heterocycles. The monoisotopic (exact) mass is 278 g/mol. The highest BCUT2D eigenvalue weighted by molar-refractivity contribution is 6.32. The first-order valence-corrected chi connectivity index (χ1v) is 6.84. The topological polar surface area (TPSA) is 20.2 Å². The number of aromatic hydroxyl groups is 1. The Morgan fingerprint density at radius 1 is 0.700 bits per heavy atom. The number of phenols is 1. The third kappa shape index (κ3) is 1.57. The maximum atomic E-state index is 10.3. The fraction of sp³-hybridized carbons (Fsp3) is 0. The normalized spacial score (nSPS) is 11.4. The lowest BCUT2D eigenvalue weighted by Crippen LogP contribution is -1.82. The molecule has 0 aliphatic carbocycles. The molecule has 0 aromatic heterocycles. The molecule has 20 heavy (non-hydrogen) atoms. The molecule has 4 rings (SSSR count). The van der Waals surface area contributed by atoms with Crippen LogP contribution in [0.1, 0.15) is 0 Å². The number of hydrogen-bond donors (Lipinski definition) is 1. The third-order valence-electron chi connectivity index (χ3n) is 3.78. The zero-order valence-electron chi connectivity index (χ0n) is 10.6. The van der Waals surface area contributed by atoms with Gasteiger partial charge in [-0.3, -0.25) is 0 Å². The Morgan fingerprint density at radius 3 is 2.15 bits per heavy atom. The van der Waals surface area contributed by atoms with Crippen LogP contribution >= 0.6 is 11.6 Å². The fourth-order valence-electron chi connectivity index (χ4n) is 2.87. The van der Waals surface area contributed by atoms with E-state index < -0.39 is 0 Å². The Bertz CT molecular complexity index is 968. The fourth-order valence-corrected chi connectivity index (χ4v) is 3.05. The SMILES string of the molecule is Oc1cccc2ccc3ccc4ccc(Cl)cc4c3c12. The molecule has 1 nitrogen and oxygen atoms in total. The Kier molecular flexibility index (Phi) is 2.38. The van der Waals surface area contributed by atoms with E-state index in [4.69, 9.17) is 11.6 Å². The summed E-state index contributed by atoms with van der Waals surface area (Å²) in [6, 6.07) is 19.7. The second-order valence-corrected chi connectivity index (χ2v) is 5.41. The quantitative estimate of drug-likeness (QED) is 0.421. The molecule has 96 valence electrons. The smallest absolute Gasteiger partial charge is 0.124 e. The van der Waals surface area contributed by atoms with E-state index in [0.717, 1.165) is 32.3 Å². The summed E-state index contributed by atoms with van der Waals surface area (Å²) in [7, 11) is 0. The minimum atomic E-state index is 0.306. The van der Waals surface area contributed by atoms with E-state index in [1.54, 1.807) is 6.07 Å². The summed E-state index contributed by atoms with van der Waals surface area (Å²) in [5, 5.41) is 17.2. The van der Waals surface area contributed by atoms with Crippen LogP contribution in [-0.2, 0) is 0 Å². The van der Waals surface area contributed by atoms with Crippen molar-refractivity contribution in [3.8, 4) is 5.75 Å². The maximum absolute atomic E-state index is 10.3. The first-order chi connectivity index (χ1) is 9.74. The summed E-state index contributed by atoms with van der Waals surface area (Å²) in [5.41, 5.74) is 0. The molecule has 0 saturated carbocycles. The molecular weight excluding hydrogens is 268 g/mol. The van der Waals surface area contributed by atoms with Gasteiger partial charge in [0.25, 0.3) is 0 Å². The Labute approximate surface area is 121 Å². The van der Waals surface area contributed by atoms with Gasteiger partial charge in [-0.1, -0.05) is 54.1 Å². The first-order valence-electron chi connectivity index (χ1n) is 6.47. The van der Waals surface area contributed by atoms with Crippen molar-refractivity contribution in [2.75, 3.05) is 0 Å². The number of fused-ring (bicyclic) bond motifs is 5. The molecule has 2 heteroatoms. The van der Waals surface area contributed by atoms with Crippen molar-refractivity contribution in [1.29, 1.82) is 0 Å². The van der Waals surface area contributed by atoms with Crippen LogP contribution in [0.15, 0.2) is 60.7 Å². The maximum Gasteiger partial charge on any atom is 0.124 e. The lowest BCUT2D eigenvalue weighted by atomic mass is 9.96. The molecule has 4 aromatic carbocycles. The van der Waals surface area contributed by atoms with Gasteiger partial charge in [0.2, 0.25) is 0 Å². The van der Waals surface area contributed by atoms with Crippen LogP contribution in [0.4, 0.5) is 0 Å². The van der Waals surface area contributed by atoms with Crippen molar-refractivity contribution >= 4 is 43.9 Å². The van der Waals surface area contributed by atoms with Crippen molar-refractivity contribution < 1.29 is 5.11 Å². The highest BCUT2D eigenvalue weighted by Gasteiger charge is 2.08. The van der Waals surface area contributed by atoms with Crippen LogP contribution in [0.5, 0.6) is 5.75 Å². The zero-order valence-corrected chi connectivity index (χ0v) is 11.4. The molecule has 0 saturated heterocycles. The number of hydrogen-bond acceptors (Lipinski definition) is 1. The summed E-state index contributed by atoms with van der Waals surface area (Å²) < 4.78 is 0. The van der Waals surface area contributed by atoms with Gasteiger partial charge >= 0.3 is 0 Å². The standard InChI is InChI=1S/C18H11ClO/c19-14-9-8-11-4-5-13-7-6-12-2-1-3-16(20)18(12)17(13)15(11)10-14/h1-10,20H. The minimum absolute atomic E-state index is 0.306. The lowest BCUT2D eigenvalue weighted by molar-refractivity contribution is 0.482. The van der Waals surface area contributed by atoms with Crippen molar-refractivity contribution in [3.05, 3.63) is 65.7 Å². The molecule has 0 bridgehead atoms. The number of rotatable bonds is 0. The van der Waals surface area contributed by atoms with Crippen molar-refractivity contribution in [2.24, 2.45) is 0 Å². The lowest BCUT2D eigenvalue weighted by Gasteiger charge is -2.09. The van der Waals surface area contributed by atoms with E-state index in [0.29, 0.717) is 10.8 Å². The average molecular weight is 279 g/mol. The molecule has 0 radical (unpaired) electrons. The van der Waals surface area contributed by atoms with Gasteiger partial charge in [0.05, 0.1) is 0 Å².